The lowest BCUT2D eigenvalue weighted by atomic mass is 10.1. The standard InChI is InChI=1S/C19H21NO6S/c1-13(18(21)20-16-7-9-17(25-2)10-8-16)26-19(22)15-6-4-5-14(11-15)12-27(3,23)24/h4-11,13H,12H2,1-3H3,(H,20,21)/t13-/m1/s1. The third kappa shape index (κ3) is 6.41. The smallest absolute Gasteiger partial charge is 0.338 e. The van der Waals surface area contributed by atoms with Crippen LogP contribution in [0.5, 0.6) is 5.75 Å². The summed E-state index contributed by atoms with van der Waals surface area (Å²) in [6.07, 6.45) is 0.0852. The minimum absolute atomic E-state index is 0.179. The van der Waals surface area contributed by atoms with E-state index in [0.29, 0.717) is 17.0 Å². The van der Waals surface area contributed by atoms with Crippen molar-refractivity contribution in [2.75, 3.05) is 18.7 Å². The van der Waals surface area contributed by atoms with Gasteiger partial charge in [0.25, 0.3) is 5.91 Å². The van der Waals surface area contributed by atoms with E-state index in [1.165, 1.54) is 19.1 Å². The summed E-state index contributed by atoms with van der Waals surface area (Å²) in [5, 5.41) is 2.64. The van der Waals surface area contributed by atoms with Crippen molar-refractivity contribution < 1.29 is 27.5 Å². The number of amides is 1. The van der Waals surface area contributed by atoms with Gasteiger partial charge in [0.15, 0.2) is 15.9 Å². The number of anilines is 1. The van der Waals surface area contributed by atoms with Gasteiger partial charge in [-0.15, -0.1) is 0 Å². The van der Waals surface area contributed by atoms with E-state index in [0.717, 1.165) is 6.26 Å². The van der Waals surface area contributed by atoms with Crippen molar-refractivity contribution in [1.29, 1.82) is 0 Å². The predicted octanol–water partition coefficient (Wildman–Crippen LogP) is 2.42. The van der Waals surface area contributed by atoms with Crippen LogP contribution >= 0.6 is 0 Å². The highest BCUT2D eigenvalue weighted by atomic mass is 32.2. The molecule has 1 atom stereocenters. The maximum atomic E-state index is 12.2. The topological polar surface area (TPSA) is 98.8 Å². The molecule has 0 saturated carbocycles. The normalized spacial score (nSPS) is 12.1. The summed E-state index contributed by atoms with van der Waals surface area (Å²) in [7, 11) is -1.68. The van der Waals surface area contributed by atoms with Gasteiger partial charge < -0.3 is 14.8 Å². The van der Waals surface area contributed by atoms with Gasteiger partial charge in [-0.2, -0.15) is 0 Å². The molecule has 0 aromatic heterocycles. The number of benzene rings is 2. The first-order valence-corrected chi connectivity index (χ1v) is 10.2. The van der Waals surface area contributed by atoms with Gasteiger partial charge in [0.05, 0.1) is 18.4 Å². The molecule has 27 heavy (non-hydrogen) atoms. The summed E-state index contributed by atoms with van der Waals surface area (Å²) in [5.41, 5.74) is 1.20. The Morgan fingerprint density at radius 3 is 2.37 bits per heavy atom. The van der Waals surface area contributed by atoms with Crippen LogP contribution in [-0.4, -0.2) is 39.8 Å². The number of ether oxygens (including phenoxy) is 2. The van der Waals surface area contributed by atoms with E-state index in [1.54, 1.807) is 43.5 Å². The second-order valence-corrected chi connectivity index (χ2v) is 8.18. The molecule has 0 aliphatic heterocycles. The Balaban J connectivity index is 1.99. The highest BCUT2D eigenvalue weighted by molar-refractivity contribution is 7.89. The molecule has 8 heteroatoms. The Hall–Kier alpha value is -2.87. The Bertz CT molecular complexity index is 921. The lowest BCUT2D eigenvalue weighted by Crippen LogP contribution is -2.30. The third-order valence-corrected chi connectivity index (χ3v) is 4.46. The molecule has 0 radical (unpaired) electrons. The van der Waals surface area contributed by atoms with Gasteiger partial charge in [0.2, 0.25) is 0 Å². The van der Waals surface area contributed by atoms with E-state index < -0.39 is 27.8 Å². The van der Waals surface area contributed by atoms with Crippen LogP contribution in [0.15, 0.2) is 48.5 Å². The monoisotopic (exact) mass is 391 g/mol. The van der Waals surface area contributed by atoms with Crippen molar-refractivity contribution >= 4 is 27.4 Å². The molecule has 0 unspecified atom stereocenters. The molecule has 1 amide bonds. The molecule has 0 heterocycles. The molecule has 0 saturated heterocycles. The molecule has 0 spiro atoms. The van der Waals surface area contributed by atoms with Gasteiger partial charge in [0.1, 0.15) is 5.75 Å². The summed E-state index contributed by atoms with van der Waals surface area (Å²) in [5.74, 6) is -0.716. The fraction of sp³-hybridized carbons (Fsp3) is 0.263. The zero-order chi connectivity index (χ0) is 20.0. The van der Waals surface area contributed by atoms with Crippen molar-refractivity contribution in [2.45, 2.75) is 18.8 Å². The molecule has 0 aliphatic carbocycles. The molecule has 0 aliphatic rings. The Labute approximate surface area is 158 Å². The average Bonchev–Trinajstić information content (AvgIpc) is 2.61. The Morgan fingerprint density at radius 2 is 1.78 bits per heavy atom. The van der Waals surface area contributed by atoms with E-state index in [-0.39, 0.29) is 11.3 Å². The van der Waals surface area contributed by atoms with Gasteiger partial charge in [0, 0.05) is 11.9 Å². The largest absolute Gasteiger partial charge is 0.497 e. The number of sulfone groups is 1. The summed E-state index contributed by atoms with van der Waals surface area (Å²) >= 11 is 0. The highest BCUT2D eigenvalue weighted by Crippen LogP contribution is 2.16. The molecule has 7 nitrogen and oxygen atoms in total. The first-order chi connectivity index (χ1) is 12.7. The zero-order valence-electron chi connectivity index (χ0n) is 15.3. The number of nitrogens with one attached hydrogen (secondary N) is 1. The van der Waals surface area contributed by atoms with Crippen LogP contribution in [0.25, 0.3) is 0 Å². The van der Waals surface area contributed by atoms with E-state index in [4.69, 9.17) is 9.47 Å². The van der Waals surface area contributed by atoms with Gasteiger partial charge in [-0.05, 0) is 48.9 Å². The van der Waals surface area contributed by atoms with E-state index >= 15 is 0 Å². The van der Waals surface area contributed by atoms with Crippen LogP contribution in [0.3, 0.4) is 0 Å². The predicted molar refractivity (Wildman–Crippen MR) is 101 cm³/mol. The first kappa shape index (κ1) is 20.4. The fourth-order valence-electron chi connectivity index (χ4n) is 2.29. The van der Waals surface area contributed by atoms with Crippen LogP contribution in [0.1, 0.15) is 22.8 Å². The summed E-state index contributed by atoms with van der Waals surface area (Å²) in [4.78, 5) is 24.4. The Kier molecular flexibility index (Phi) is 6.57. The van der Waals surface area contributed by atoms with Crippen LogP contribution < -0.4 is 10.1 Å². The molecule has 2 aromatic carbocycles. The lowest BCUT2D eigenvalue weighted by Gasteiger charge is -2.14. The molecule has 0 fully saturated rings. The molecule has 1 N–H and O–H groups in total. The maximum Gasteiger partial charge on any atom is 0.338 e. The van der Waals surface area contributed by atoms with Crippen LogP contribution in [0.4, 0.5) is 5.69 Å². The second-order valence-electron chi connectivity index (χ2n) is 6.04. The number of methoxy groups -OCH3 is 1. The number of hydrogen-bond donors (Lipinski definition) is 1. The fourth-order valence-corrected chi connectivity index (χ4v) is 3.08. The number of rotatable bonds is 7. The lowest BCUT2D eigenvalue weighted by molar-refractivity contribution is -0.123. The molecule has 0 bridgehead atoms. The quantitative estimate of drug-likeness (QED) is 0.728. The first-order valence-electron chi connectivity index (χ1n) is 8.10. The van der Waals surface area contributed by atoms with Crippen molar-refractivity contribution in [2.24, 2.45) is 0 Å². The SMILES string of the molecule is COc1ccc(NC(=O)[C@@H](C)OC(=O)c2cccc(CS(C)(=O)=O)c2)cc1. The average molecular weight is 391 g/mol. The summed E-state index contributed by atoms with van der Waals surface area (Å²) in [6.45, 7) is 1.46. The van der Waals surface area contributed by atoms with Crippen molar-refractivity contribution in [3.8, 4) is 5.75 Å². The highest BCUT2D eigenvalue weighted by Gasteiger charge is 2.19. The minimum atomic E-state index is -3.22. The van der Waals surface area contributed by atoms with Gasteiger partial charge in [-0.1, -0.05) is 12.1 Å². The molecular formula is C19H21NO6S. The van der Waals surface area contributed by atoms with Gasteiger partial charge in [-0.3, -0.25) is 4.79 Å². The molecule has 2 rings (SSSR count). The molecule has 2 aromatic rings. The van der Waals surface area contributed by atoms with Crippen molar-refractivity contribution in [3.63, 3.8) is 0 Å². The number of carbonyl (C=O) groups excluding carboxylic acids is 2. The molecular weight excluding hydrogens is 370 g/mol. The maximum absolute atomic E-state index is 12.2. The number of esters is 1. The van der Waals surface area contributed by atoms with E-state index in [1.807, 2.05) is 0 Å². The molecule has 144 valence electrons. The van der Waals surface area contributed by atoms with Crippen LogP contribution in [0.2, 0.25) is 0 Å². The zero-order valence-corrected chi connectivity index (χ0v) is 16.1. The summed E-state index contributed by atoms with van der Waals surface area (Å²) < 4.78 is 33.0. The third-order valence-electron chi connectivity index (χ3n) is 3.60. The Morgan fingerprint density at radius 1 is 1.11 bits per heavy atom. The van der Waals surface area contributed by atoms with Gasteiger partial charge >= 0.3 is 5.97 Å². The van der Waals surface area contributed by atoms with Gasteiger partial charge in [-0.25, -0.2) is 13.2 Å². The van der Waals surface area contributed by atoms with Crippen LogP contribution in [-0.2, 0) is 25.1 Å². The second kappa shape index (κ2) is 8.68. The number of hydrogen-bond acceptors (Lipinski definition) is 6. The van der Waals surface area contributed by atoms with E-state index in [9.17, 15) is 18.0 Å². The number of carbonyl (C=O) groups is 2. The van der Waals surface area contributed by atoms with Crippen LogP contribution in [0, 0.1) is 0 Å². The van der Waals surface area contributed by atoms with Crippen molar-refractivity contribution in [3.05, 3.63) is 59.7 Å². The van der Waals surface area contributed by atoms with Crippen molar-refractivity contribution in [1.82, 2.24) is 0 Å². The summed E-state index contributed by atoms with van der Waals surface area (Å²) in [6, 6.07) is 12.8. The van der Waals surface area contributed by atoms with E-state index in [2.05, 4.69) is 5.32 Å². The minimum Gasteiger partial charge on any atom is -0.497 e.